The predicted octanol–water partition coefficient (Wildman–Crippen LogP) is 3.80. The van der Waals surface area contributed by atoms with Crippen LogP contribution in [0.5, 0.6) is 11.5 Å². The van der Waals surface area contributed by atoms with Gasteiger partial charge in [0, 0.05) is 5.56 Å². The van der Waals surface area contributed by atoms with E-state index in [0.29, 0.717) is 6.61 Å². The van der Waals surface area contributed by atoms with Crippen molar-refractivity contribution >= 4 is 5.69 Å². The molecule has 20 heavy (non-hydrogen) atoms. The fourth-order valence-corrected chi connectivity index (χ4v) is 2.56. The van der Waals surface area contributed by atoms with Gasteiger partial charge in [0.15, 0.2) is 0 Å². The fourth-order valence-electron chi connectivity index (χ4n) is 2.56. The van der Waals surface area contributed by atoms with Crippen LogP contribution in [0.25, 0.3) is 0 Å². The summed E-state index contributed by atoms with van der Waals surface area (Å²) in [5, 5.41) is 3.56. The highest BCUT2D eigenvalue weighted by Gasteiger charge is 2.22. The van der Waals surface area contributed by atoms with Crippen LogP contribution in [0, 0.1) is 0 Å². The summed E-state index contributed by atoms with van der Waals surface area (Å²) >= 11 is 0. The highest BCUT2D eigenvalue weighted by atomic mass is 16.5. The van der Waals surface area contributed by atoms with E-state index in [9.17, 15) is 0 Å². The van der Waals surface area contributed by atoms with E-state index in [0.717, 1.165) is 29.2 Å². The van der Waals surface area contributed by atoms with Crippen LogP contribution in [-0.4, -0.2) is 13.7 Å². The van der Waals surface area contributed by atoms with E-state index >= 15 is 0 Å². The lowest BCUT2D eigenvalue weighted by Gasteiger charge is -2.29. The maximum absolute atomic E-state index is 5.87. The van der Waals surface area contributed by atoms with Crippen molar-refractivity contribution in [3.8, 4) is 11.5 Å². The van der Waals surface area contributed by atoms with E-state index in [1.807, 2.05) is 24.3 Å². The maximum atomic E-state index is 5.87. The van der Waals surface area contributed by atoms with Gasteiger partial charge in [-0.05, 0) is 30.2 Å². The van der Waals surface area contributed by atoms with Crippen LogP contribution in [0.1, 0.15) is 24.1 Å². The van der Waals surface area contributed by atoms with Crippen molar-refractivity contribution in [2.75, 3.05) is 19.0 Å². The third-order valence-corrected chi connectivity index (χ3v) is 3.70. The second kappa shape index (κ2) is 5.45. The van der Waals surface area contributed by atoms with Crippen molar-refractivity contribution in [3.05, 3.63) is 53.6 Å². The Morgan fingerprint density at radius 2 is 2.10 bits per heavy atom. The lowest BCUT2D eigenvalue weighted by Crippen LogP contribution is -2.24. The zero-order chi connectivity index (χ0) is 13.9. The molecule has 0 saturated carbocycles. The molecule has 0 bridgehead atoms. The van der Waals surface area contributed by atoms with Crippen molar-refractivity contribution < 1.29 is 9.47 Å². The van der Waals surface area contributed by atoms with Gasteiger partial charge in [-0.15, -0.1) is 0 Å². The van der Waals surface area contributed by atoms with E-state index in [-0.39, 0.29) is 6.04 Å². The second-order valence-corrected chi connectivity index (χ2v) is 4.93. The van der Waals surface area contributed by atoms with Gasteiger partial charge in [-0.3, -0.25) is 0 Å². The number of methoxy groups -OCH3 is 1. The zero-order valence-corrected chi connectivity index (χ0v) is 11.8. The van der Waals surface area contributed by atoms with Gasteiger partial charge in [-0.1, -0.05) is 31.2 Å². The van der Waals surface area contributed by atoms with E-state index in [1.54, 1.807) is 7.11 Å². The normalized spacial score (nSPS) is 16.8. The molecule has 0 aromatic heterocycles. The first-order chi connectivity index (χ1) is 9.81. The molecule has 3 nitrogen and oxygen atoms in total. The topological polar surface area (TPSA) is 30.5 Å². The largest absolute Gasteiger partial charge is 0.496 e. The molecule has 0 aliphatic carbocycles. The Balaban J connectivity index is 1.91. The molecule has 104 valence electrons. The number of hydrogen-bond acceptors (Lipinski definition) is 3. The smallest absolute Gasteiger partial charge is 0.142 e. The van der Waals surface area contributed by atoms with E-state index in [4.69, 9.17) is 9.47 Å². The summed E-state index contributed by atoms with van der Waals surface area (Å²) in [6.45, 7) is 2.77. The van der Waals surface area contributed by atoms with Crippen LogP contribution >= 0.6 is 0 Å². The average Bonchev–Trinajstić information content (AvgIpc) is 2.53. The van der Waals surface area contributed by atoms with Crippen molar-refractivity contribution in [1.82, 2.24) is 0 Å². The van der Waals surface area contributed by atoms with Gasteiger partial charge < -0.3 is 14.8 Å². The summed E-state index contributed by atoms with van der Waals surface area (Å²) in [6.07, 6.45) is 1.02. The Hall–Kier alpha value is -2.16. The van der Waals surface area contributed by atoms with Crippen molar-refractivity contribution in [1.29, 1.82) is 0 Å². The lowest BCUT2D eigenvalue weighted by atomic mass is 10.0. The van der Waals surface area contributed by atoms with Gasteiger partial charge in [0.25, 0.3) is 0 Å². The predicted molar refractivity (Wildman–Crippen MR) is 80.7 cm³/mol. The minimum atomic E-state index is 0.116. The maximum Gasteiger partial charge on any atom is 0.142 e. The first kappa shape index (κ1) is 12.9. The zero-order valence-electron chi connectivity index (χ0n) is 11.8. The number of ether oxygens (including phenoxy) is 2. The molecule has 0 radical (unpaired) electrons. The van der Waals surface area contributed by atoms with Crippen molar-refractivity contribution in [2.45, 2.75) is 19.4 Å². The molecule has 3 heteroatoms. The molecule has 0 spiro atoms. The molecule has 1 atom stereocenters. The molecule has 0 saturated heterocycles. The fraction of sp³-hybridized carbons (Fsp3) is 0.294. The number of nitrogens with one attached hydrogen (secondary N) is 1. The standard InChI is InChI=1S/C17H19NO2/c1-3-12-8-9-17-14(10-12)18-15(11-20-17)13-6-4-5-7-16(13)19-2/h4-10,15,18H,3,11H2,1-2H3. The number of fused-ring (bicyclic) bond motifs is 1. The van der Waals surface area contributed by atoms with Gasteiger partial charge >= 0.3 is 0 Å². The second-order valence-electron chi connectivity index (χ2n) is 4.93. The molecule has 0 amide bonds. The van der Waals surface area contributed by atoms with Crippen LogP contribution < -0.4 is 14.8 Å². The molecule has 1 heterocycles. The average molecular weight is 269 g/mol. The highest BCUT2D eigenvalue weighted by molar-refractivity contribution is 5.61. The molecule has 2 aromatic rings. The Morgan fingerprint density at radius 1 is 1.25 bits per heavy atom. The molecule has 2 aromatic carbocycles. The molecule has 1 aliphatic rings. The lowest BCUT2D eigenvalue weighted by molar-refractivity contribution is 0.282. The third kappa shape index (κ3) is 2.31. The molecule has 1 N–H and O–H groups in total. The molecular weight excluding hydrogens is 250 g/mol. The van der Waals surface area contributed by atoms with Crippen molar-refractivity contribution in [3.63, 3.8) is 0 Å². The summed E-state index contributed by atoms with van der Waals surface area (Å²) in [7, 11) is 1.70. The van der Waals surface area contributed by atoms with Crippen LogP contribution in [-0.2, 0) is 6.42 Å². The molecular formula is C17H19NO2. The van der Waals surface area contributed by atoms with Crippen LogP contribution in [0.3, 0.4) is 0 Å². The van der Waals surface area contributed by atoms with Crippen molar-refractivity contribution in [2.24, 2.45) is 0 Å². The first-order valence-electron chi connectivity index (χ1n) is 6.97. The van der Waals surface area contributed by atoms with Gasteiger partial charge in [-0.25, -0.2) is 0 Å². The number of rotatable bonds is 3. The number of hydrogen-bond donors (Lipinski definition) is 1. The molecule has 1 unspecified atom stereocenters. The Kier molecular flexibility index (Phi) is 3.50. The van der Waals surface area contributed by atoms with Gasteiger partial charge in [0.05, 0.1) is 18.8 Å². The van der Waals surface area contributed by atoms with Gasteiger partial charge in [-0.2, -0.15) is 0 Å². The van der Waals surface area contributed by atoms with Crippen LogP contribution in [0.15, 0.2) is 42.5 Å². The Morgan fingerprint density at radius 3 is 2.90 bits per heavy atom. The number of aryl methyl sites for hydroxylation is 1. The summed E-state index contributed by atoms with van der Waals surface area (Å²) < 4.78 is 11.3. The third-order valence-electron chi connectivity index (χ3n) is 3.70. The SMILES string of the molecule is CCc1ccc2c(c1)NC(c1ccccc1OC)CO2. The van der Waals surface area contributed by atoms with Gasteiger partial charge in [0.2, 0.25) is 0 Å². The number of benzene rings is 2. The molecule has 3 rings (SSSR count). The number of anilines is 1. The van der Waals surface area contributed by atoms with Gasteiger partial charge in [0.1, 0.15) is 18.1 Å². The van der Waals surface area contributed by atoms with E-state index < -0.39 is 0 Å². The molecule has 0 fully saturated rings. The minimum Gasteiger partial charge on any atom is -0.496 e. The summed E-state index contributed by atoms with van der Waals surface area (Å²) in [4.78, 5) is 0. The Labute approximate surface area is 119 Å². The van der Waals surface area contributed by atoms with Crippen LogP contribution in [0.4, 0.5) is 5.69 Å². The van der Waals surface area contributed by atoms with E-state index in [2.05, 4.69) is 30.4 Å². The quantitative estimate of drug-likeness (QED) is 0.919. The Bertz CT molecular complexity index is 610. The molecule has 1 aliphatic heterocycles. The minimum absolute atomic E-state index is 0.116. The monoisotopic (exact) mass is 269 g/mol. The first-order valence-corrected chi connectivity index (χ1v) is 6.97. The summed E-state index contributed by atoms with van der Waals surface area (Å²) in [6, 6.07) is 14.5. The number of para-hydroxylation sites is 1. The summed E-state index contributed by atoms with van der Waals surface area (Å²) in [5.74, 6) is 1.82. The van der Waals surface area contributed by atoms with E-state index in [1.165, 1.54) is 5.56 Å². The summed E-state index contributed by atoms with van der Waals surface area (Å²) in [5.41, 5.74) is 3.49. The highest BCUT2D eigenvalue weighted by Crippen LogP contribution is 2.36. The van der Waals surface area contributed by atoms with Crippen LogP contribution in [0.2, 0.25) is 0 Å².